The lowest BCUT2D eigenvalue weighted by Gasteiger charge is -2.57. The summed E-state index contributed by atoms with van der Waals surface area (Å²) in [5, 5.41) is 11.2. The van der Waals surface area contributed by atoms with Crippen molar-refractivity contribution < 1.29 is 9.26 Å². The van der Waals surface area contributed by atoms with Gasteiger partial charge in [-0.2, -0.15) is 0 Å². The van der Waals surface area contributed by atoms with Crippen LogP contribution in [0, 0.1) is 25.2 Å². The minimum atomic E-state index is 0.334. The minimum Gasteiger partial charge on any atom is -0.377 e. The van der Waals surface area contributed by atoms with Crippen molar-refractivity contribution in [1.29, 1.82) is 0 Å². The zero-order valence-corrected chi connectivity index (χ0v) is 15.6. The van der Waals surface area contributed by atoms with E-state index in [4.69, 9.17) is 14.3 Å². The van der Waals surface area contributed by atoms with Gasteiger partial charge in [-0.1, -0.05) is 18.0 Å². The highest BCUT2D eigenvalue weighted by Crippen LogP contribution is 2.60. The van der Waals surface area contributed by atoms with Crippen molar-refractivity contribution in [2.45, 2.75) is 71.6 Å². The number of hydrogen-bond donors (Lipinski definition) is 2. The third kappa shape index (κ3) is 2.75. The highest BCUT2D eigenvalue weighted by Gasteiger charge is 2.65. The van der Waals surface area contributed by atoms with Crippen LogP contribution < -0.4 is 10.6 Å². The number of rotatable bonds is 4. The topological polar surface area (TPSA) is 71.7 Å². The molecule has 1 aliphatic heterocycles. The monoisotopic (exact) mass is 346 g/mol. The summed E-state index contributed by atoms with van der Waals surface area (Å²) >= 11 is 0. The molecule has 0 aromatic carbocycles. The lowest BCUT2D eigenvalue weighted by atomic mass is 9.54. The number of nitrogens with one attached hydrogen (secondary N) is 2. The average molecular weight is 346 g/mol. The number of guanidine groups is 1. The third-order valence-corrected chi connectivity index (χ3v) is 6.50. The molecule has 1 spiro atoms. The molecule has 0 radical (unpaired) electrons. The summed E-state index contributed by atoms with van der Waals surface area (Å²) in [6.07, 6.45) is 6.88. The predicted octanol–water partition coefficient (Wildman–Crippen LogP) is 2.69. The maximum absolute atomic E-state index is 6.09. The maximum Gasteiger partial charge on any atom is 0.191 e. The molecule has 2 aliphatic carbocycles. The van der Waals surface area contributed by atoms with E-state index in [1.165, 1.54) is 32.1 Å². The Hall–Kier alpha value is -1.56. The van der Waals surface area contributed by atoms with Crippen LogP contribution in [0.5, 0.6) is 0 Å². The Morgan fingerprint density at radius 1 is 1.32 bits per heavy atom. The molecule has 1 aromatic heterocycles. The molecule has 3 atom stereocenters. The maximum atomic E-state index is 6.09. The SMILES string of the molecule is CCNC(=NCc1c(C)noc1C)NC1C2CCOC2C12CCCC2. The smallest absolute Gasteiger partial charge is 0.191 e. The molecule has 3 unspecified atom stereocenters. The summed E-state index contributed by atoms with van der Waals surface area (Å²) in [4.78, 5) is 4.82. The number of hydrogen-bond acceptors (Lipinski definition) is 4. The highest BCUT2D eigenvalue weighted by molar-refractivity contribution is 5.80. The predicted molar refractivity (Wildman–Crippen MR) is 96.5 cm³/mol. The van der Waals surface area contributed by atoms with Crippen molar-refractivity contribution in [1.82, 2.24) is 15.8 Å². The van der Waals surface area contributed by atoms with Crippen molar-refractivity contribution in [2.24, 2.45) is 16.3 Å². The van der Waals surface area contributed by atoms with Crippen molar-refractivity contribution in [2.75, 3.05) is 13.2 Å². The summed E-state index contributed by atoms with van der Waals surface area (Å²) in [5.74, 6) is 2.41. The number of aliphatic imine (C=N–C) groups is 1. The molecule has 1 aromatic rings. The van der Waals surface area contributed by atoms with E-state index in [1.54, 1.807) is 0 Å². The molecule has 3 aliphatic rings. The Balaban J connectivity index is 1.50. The van der Waals surface area contributed by atoms with Crippen molar-refractivity contribution >= 4 is 5.96 Å². The second-order valence-corrected chi connectivity index (χ2v) is 7.80. The molecule has 1 saturated heterocycles. The molecular weight excluding hydrogens is 316 g/mol. The number of aromatic nitrogens is 1. The van der Waals surface area contributed by atoms with Crippen LogP contribution in [0.1, 0.15) is 56.0 Å². The summed E-state index contributed by atoms with van der Waals surface area (Å²) in [6, 6.07) is 0.491. The van der Waals surface area contributed by atoms with Gasteiger partial charge in [0.15, 0.2) is 5.96 Å². The van der Waals surface area contributed by atoms with Crippen LogP contribution >= 0.6 is 0 Å². The van der Waals surface area contributed by atoms with E-state index < -0.39 is 0 Å². The van der Waals surface area contributed by atoms with Crippen LogP contribution in [-0.2, 0) is 11.3 Å². The first kappa shape index (κ1) is 16.9. The van der Waals surface area contributed by atoms with Gasteiger partial charge in [-0.3, -0.25) is 0 Å². The van der Waals surface area contributed by atoms with Gasteiger partial charge in [0.2, 0.25) is 0 Å². The summed E-state index contributed by atoms with van der Waals surface area (Å²) in [6.45, 7) is 8.41. The van der Waals surface area contributed by atoms with E-state index in [1.807, 2.05) is 13.8 Å². The molecule has 2 saturated carbocycles. The normalized spacial score (nSPS) is 30.4. The van der Waals surface area contributed by atoms with Gasteiger partial charge >= 0.3 is 0 Å². The van der Waals surface area contributed by atoms with Gasteiger partial charge in [-0.25, -0.2) is 4.99 Å². The molecule has 4 rings (SSSR count). The molecular formula is C19H30N4O2. The fourth-order valence-corrected chi connectivity index (χ4v) is 5.26. The Kier molecular flexibility index (Phi) is 4.48. The van der Waals surface area contributed by atoms with Gasteiger partial charge in [-0.05, 0) is 40.0 Å². The zero-order valence-electron chi connectivity index (χ0n) is 15.6. The van der Waals surface area contributed by atoms with Crippen LogP contribution in [0.2, 0.25) is 0 Å². The van der Waals surface area contributed by atoms with E-state index in [2.05, 4.69) is 22.7 Å². The van der Waals surface area contributed by atoms with Crippen molar-refractivity contribution in [3.63, 3.8) is 0 Å². The second-order valence-electron chi connectivity index (χ2n) is 7.80. The molecule has 138 valence electrons. The lowest BCUT2D eigenvalue weighted by Crippen LogP contribution is -2.69. The molecule has 25 heavy (non-hydrogen) atoms. The van der Waals surface area contributed by atoms with Gasteiger partial charge in [0, 0.05) is 36.1 Å². The second kappa shape index (κ2) is 6.63. The van der Waals surface area contributed by atoms with Gasteiger partial charge in [-0.15, -0.1) is 0 Å². The molecule has 2 heterocycles. The Labute approximate surface area is 149 Å². The van der Waals surface area contributed by atoms with Gasteiger partial charge in [0.05, 0.1) is 18.3 Å². The van der Waals surface area contributed by atoms with E-state index in [9.17, 15) is 0 Å². The quantitative estimate of drug-likeness (QED) is 0.648. The standard InChI is InChI=1S/C19H30N4O2/c1-4-20-18(21-11-15-12(2)23-25-13(15)3)22-16-14-7-10-24-17(14)19(16)8-5-6-9-19/h14,16-17H,4-11H2,1-3H3,(H2,20,21,22). The van der Waals surface area contributed by atoms with Crippen LogP contribution in [0.3, 0.4) is 0 Å². The van der Waals surface area contributed by atoms with Crippen molar-refractivity contribution in [3.8, 4) is 0 Å². The Morgan fingerprint density at radius 3 is 2.80 bits per heavy atom. The van der Waals surface area contributed by atoms with Crippen LogP contribution in [-0.4, -0.2) is 36.4 Å². The first-order valence-corrected chi connectivity index (χ1v) is 9.74. The number of ether oxygens (including phenoxy) is 1. The summed E-state index contributed by atoms with van der Waals surface area (Å²) in [5.41, 5.74) is 2.35. The fourth-order valence-electron chi connectivity index (χ4n) is 5.26. The minimum absolute atomic E-state index is 0.334. The molecule has 6 heteroatoms. The summed E-state index contributed by atoms with van der Waals surface area (Å²) < 4.78 is 11.3. The third-order valence-electron chi connectivity index (χ3n) is 6.50. The number of aryl methyl sites for hydroxylation is 2. The number of fused-ring (bicyclic) bond motifs is 2. The number of nitrogens with zero attached hydrogens (tertiary/aromatic N) is 2. The molecule has 0 bridgehead atoms. The first-order valence-electron chi connectivity index (χ1n) is 9.74. The average Bonchev–Trinajstić information content (AvgIpc) is 3.31. The lowest BCUT2D eigenvalue weighted by molar-refractivity contribution is -0.125. The largest absolute Gasteiger partial charge is 0.377 e. The van der Waals surface area contributed by atoms with E-state index >= 15 is 0 Å². The molecule has 6 nitrogen and oxygen atoms in total. The van der Waals surface area contributed by atoms with Gasteiger partial charge < -0.3 is 19.9 Å². The Bertz CT molecular complexity index is 628. The van der Waals surface area contributed by atoms with Gasteiger partial charge in [0.1, 0.15) is 5.76 Å². The van der Waals surface area contributed by atoms with E-state index in [0.717, 1.165) is 36.1 Å². The fraction of sp³-hybridized carbons (Fsp3) is 0.789. The molecule has 3 fully saturated rings. The van der Waals surface area contributed by atoms with Crippen LogP contribution in [0.15, 0.2) is 9.52 Å². The zero-order chi connectivity index (χ0) is 17.4. The molecule has 2 N–H and O–H groups in total. The highest BCUT2D eigenvalue weighted by atomic mass is 16.5. The van der Waals surface area contributed by atoms with Crippen LogP contribution in [0.4, 0.5) is 0 Å². The van der Waals surface area contributed by atoms with Gasteiger partial charge in [0.25, 0.3) is 0 Å². The van der Waals surface area contributed by atoms with Crippen LogP contribution in [0.25, 0.3) is 0 Å². The molecule has 0 amide bonds. The summed E-state index contributed by atoms with van der Waals surface area (Å²) in [7, 11) is 0. The van der Waals surface area contributed by atoms with E-state index in [0.29, 0.717) is 30.0 Å². The Morgan fingerprint density at radius 2 is 2.12 bits per heavy atom. The van der Waals surface area contributed by atoms with Crippen molar-refractivity contribution in [3.05, 3.63) is 17.0 Å². The van der Waals surface area contributed by atoms with E-state index in [-0.39, 0.29) is 0 Å². The first-order chi connectivity index (χ1) is 12.2.